The summed E-state index contributed by atoms with van der Waals surface area (Å²) in [7, 11) is 1.92. The van der Waals surface area contributed by atoms with Gasteiger partial charge in [-0.1, -0.05) is 26.0 Å². The van der Waals surface area contributed by atoms with Crippen molar-refractivity contribution in [3.8, 4) is 0 Å². The Bertz CT molecular complexity index is 690. The molecule has 1 aliphatic rings. The zero-order chi connectivity index (χ0) is 15.1. The smallest absolute Gasteiger partial charge is 0.222 e. The Morgan fingerprint density at radius 2 is 2.19 bits per heavy atom. The van der Waals surface area contributed by atoms with E-state index < -0.39 is 6.23 Å². The number of nitrogens with one attached hydrogen (secondary N) is 1. The van der Waals surface area contributed by atoms with Gasteiger partial charge in [-0.25, -0.2) is 0 Å². The minimum absolute atomic E-state index is 0.0962. The second-order valence-corrected chi connectivity index (χ2v) is 6.10. The second-order valence-electron chi connectivity index (χ2n) is 6.10. The fraction of sp³-hybridized carbons (Fsp3) is 0.500. The summed E-state index contributed by atoms with van der Waals surface area (Å²) in [5.74, 6) is 0.227. The normalized spacial score (nSPS) is 22.8. The van der Waals surface area contributed by atoms with Crippen LogP contribution in [-0.2, 0) is 11.8 Å². The lowest BCUT2D eigenvalue weighted by molar-refractivity contribution is -0.127. The SMILES string of the molecule is CC(C)c1ccc2c(C3CCC(=O)NC3O)nn(C)c2c1. The number of piperidine rings is 1. The van der Waals surface area contributed by atoms with Crippen LogP contribution in [0.15, 0.2) is 18.2 Å². The zero-order valence-corrected chi connectivity index (χ0v) is 12.6. The average Bonchev–Trinajstić information content (AvgIpc) is 2.75. The van der Waals surface area contributed by atoms with Crippen LogP contribution >= 0.6 is 0 Å². The topological polar surface area (TPSA) is 67.2 Å². The Kier molecular flexibility index (Phi) is 3.45. The first kappa shape index (κ1) is 14.1. The molecule has 2 N–H and O–H groups in total. The summed E-state index contributed by atoms with van der Waals surface area (Å²) in [5, 5.41) is 18.4. The van der Waals surface area contributed by atoms with Gasteiger partial charge in [0.1, 0.15) is 6.23 Å². The number of aliphatic hydroxyl groups is 1. The van der Waals surface area contributed by atoms with Crippen LogP contribution in [0.1, 0.15) is 49.8 Å². The Morgan fingerprint density at radius 3 is 2.86 bits per heavy atom. The van der Waals surface area contributed by atoms with Gasteiger partial charge in [-0.2, -0.15) is 5.10 Å². The molecule has 21 heavy (non-hydrogen) atoms. The lowest BCUT2D eigenvalue weighted by Crippen LogP contribution is -2.43. The van der Waals surface area contributed by atoms with Crippen molar-refractivity contribution in [1.82, 2.24) is 15.1 Å². The number of hydrogen-bond acceptors (Lipinski definition) is 3. The van der Waals surface area contributed by atoms with E-state index in [0.29, 0.717) is 18.8 Å². The van der Waals surface area contributed by atoms with Gasteiger partial charge in [0.2, 0.25) is 5.91 Å². The molecule has 1 fully saturated rings. The molecular weight excluding hydrogens is 266 g/mol. The summed E-state index contributed by atoms with van der Waals surface area (Å²) in [6.07, 6.45) is 0.212. The van der Waals surface area contributed by atoms with Crippen molar-refractivity contribution in [2.75, 3.05) is 0 Å². The quantitative estimate of drug-likeness (QED) is 0.888. The van der Waals surface area contributed by atoms with Gasteiger partial charge in [-0.05, 0) is 24.0 Å². The Morgan fingerprint density at radius 1 is 1.43 bits per heavy atom. The largest absolute Gasteiger partial charge is 0.373 e. The van der Waals surface area contributed by atoms with Crippen LogP contribution in [0, 0.1) is 0 Å². The number of aromatic nitrogens is 2. The number of hydrogen-bond donors (Lipinski definition) is 2. The van der Waals surface area contributed by atoms with Gasteiger partial charge in [-0.3, -0.25) is 9.48 Å². The first-order valence-electron chi connectivity index (χ1n) is 7.41. The molecule has 2 atom stereocenters. The van der Waals surface area contributed by atoms with Gasteiger partial charge < -0.3 is 10.4 Å². The first-order valence-corrected chi connectivity index (χ1v) is 7.41. The van der Waals surface area contributed by atoms with Crippen LogP contribution in [0.25, 0.3) is 10.9 Å². The van der Waals surface area contributed by atoms with E-state index in [0.717, 1.165) is 16.6 Å². The molecule has 0 spiro atoms. The predicted molar refractivity (Wildman–Crippen MR) is 80.9 cm³/mol. The number of aryl methyl sites for hydroxylation is 1. The molecule has 5 heteroatoms. The summed E-state index contributed by atoms with van der Waals surface area (Å²) in [5.41, 5.74) is 3.21. The summed E-state index contributed by atoms with van der Waals surface area (Å²) >= 11 is 0. The summed E-state index contributed by atoms with van der Waals surface area (Å²) in [6.45, 7) is 4.33. The predicted octanol–water partition coefficient (Wildman–Crippen LogP) is 2.01. The Labute approximate surface area is 124 Å². The minimum Gasteiger partial charge on any atom is -0.373 e. The van der Waals surface area contributed by atoms with Gasteiger partial charge in [-0.15, -0.1) is 0 Å². The van der Waals surface area contributed by atoms with E-state index in [1.165, 1.54) is 5.56 Å². The maximum atomic E-state index is 11.3. The van der Waals surface area contributed by atoms with Crippen molar-refractivity contribution in [2.24, 2.45) is 7.05 Å². The van der Waals surface area contributed by atoms with Crippen molar-refractivity contribution < 1.29 is 9.90 Å². The molecule has 2 unspecified atom stereocenters. The maximum absolute atomic E-state index is 11.3. The molecule has 0 bridgehead atoms. The number of fused-ring (bicyclic) bond motifs is 1. The van der Waals surface area contributed by atoms with Crippen LogP contribution in [0.3, 0.4) is 0 Å². The summed E-state index contributed by atoms with van der Waals surface area (Å²) in [6, 6.07) is 6.35. The third-order valence-electron chi connectivity index (χ3n) is 4.29. The molecule has 1 aromatic carbocycles. The molecule has 2 heterocycles. The molecule has 1 aliphatic heterocycles. The number of aliphatic hydroxyl groups excluding tert-OH is 1. The van der Waals surface area contributed by atoms with Crippen molar-refractivity contribution in [2.45, 2.75) is 44.8 Å². The molecule has 0 aliphatic carbocycles. The molecule has 1 aromatic heterocycles. The number of nitrogens with zero attached hydrogens (tertiary/aromatic N) is 2. The van der Waals surface area contributed by atoms with E-state index in [4.69, 9.17) is 0 Å². The molecule has 0 radical (unpaired) electrons. The summed E-state index contributed by atoms with van der Waals surface area (Å²) < 4.78 is 1.86. The highest BCUT2D eigenvalue weighted by molar-refractivity contribution is 5.84. The highest BCUT2D eigenvalue weighted by Gasteiger charge is 2.31. The van der Waals surface area contributed by atoms with E-state index in [2.05, 4.69) is 42.5 Å². The third-order valence-corrected chi connectivity index (χ3v) is 4.29. The Balaban J connectivity index is 2.05. The number of carbonyl (C=O) groups excluding carboxylic acids is 1. The zero-order valence-electron chi connectivity index (χ0n) is 12.6. The van der Waals surface area contributed by atoms with Crippen molar-refractivity contribution >= 4 is 16.8 Å². The van der Waals surface area contributed by atoms with Crippen LogP contribution < -0.4 is 5.32 Å². The fourth-order valence-electron chi connectivity index (χ4n) is 3.00. The lowest BCUT2D eigenvalue weighted by Gasteiger charge is -2.27. The standard InChI is InChI=1S/C16H21N3O2/c1-9(2)10-4-5-11-13(8-10)19(3)18-15(11)12-6-7-14(20)17-16(12)21/h4-5,8-9,12,16,21H,6-7H2,1-3H3,(H,17,20). The number of benzene rings is 1. The molecule has 5 nitrogen and oxygen atoms in total. The van der Waals surface area contributed by atoms with Crippen molar-refractivity contribution in [1.29, 1.82) is 0 Å². The molecule has 3 rings (SSSR count). The van der Waals surface area contributed by atoms with Crippen LogP contribution in [0.5, 0.6) is 0 Å². The summed E-state index contributed by atoms with van der Waals surface area (Å²) in [4.78, 5) is 11.3. The van der Waals surface area contributed by atoms with E-state index in [1.54, 1.807) is 0 Å². The minimum atomic E-state index is -0.853. The van der Waals surface area contributed by atoms with Crippen molar-refractivity contribution in [3.05, 3.63) is 29.5 Å². The molecule has 2 aromatic rings. The molecular formula is C16H21N3O2. The van der Waals surface area contributed by atoms with Gasteiger partial charge in [0.05, 0.1) is 11.2 Å². The molecule has 112 valence electrons. The highest BCUT2D eigenvalue weighted by Crippen LogP contribution is 2.33. The third kappa shape index (κ3) is 2.42. The van der Waals surface area contributed by atoms with E-state index in [1.807, 2.05) is 11.7 Å². The molecule has 1 saturated heterocycles. The molecule has 1 amide bonds. The second kappa shape index (κ2) is 5.15. The van der Waals surface area contributed by atoms with E-state index in [9.17, 15) is 9.90 Å². The van der Waals surface area contributed by atoms with Crippen LogP contribution in [-0.4, -0.2) is 27.0 Å². The van der Waals surface area contributed by atoms with Gasteiger partial charge in [0, 0.05) is 24.8 Å². The maximum Gasteiger partial charge on any atom is 0.222 e. The molecule has 0 saturated carbocycles. The monoisotopic (exact) mass is 287 g/mol. The van der Waals surface area contributed by atoms with Gasteiger partial charge in [0.15, 0.2) is 0 Å². The van der Waals surface area contributed by atoms with Crippen LogP contribution in [0.2, 0.25) is 0 Å². The number of carbonyl (C=O) groups is 1. The van der Waals surface area contributed by atoms with E-state index in [-0.39, 0.29) is 11.8 Å². The van der Waals surface area contributed by atoms with Crippen molar-refractivity contribution in [3.63, 3.8) is 0 Å². The number of amides is 1. The van der Waals surface area contributed by atoms with E-state index >= 15 is 0 Å². The van der Waals surface area contributed by atoms with Gasteiger partial charge in [0.25, 0.3) is 0 Å². The fourth-order valence-corrected chi connectivity index (χ4v) is 3.00. The first-order chi connectivity index (χ1) is 9.97. The average molecular weight is 287 g/mol. The lowest BCUT2D eigenvalue weighted by atomic mass is 9.91. The van der Waals surface area contributed by atoms with Gasteiger partial charge >= 0.3 is 0 Å². The number of rotatable bonds is 2. The van der Waals surface area contributed by atoms with Crippen LogP contribution in [0.4, 0.5) is 0 Å². The Hall–Kier alpha value is -1.88. The highest BCUT2D eigenvalue weighted by atomic mass is 16.3.